The first-order chi connectivity index (χ1) is 16.3. The zero-order chi connectivity index (χ0) is 24.0. The van der Waals surface area contributed by atoms with Crippen molar-refractivity contribution in [1.29, 1.82) is 0 Å². The molecule has 0 atom stereocenters. The number of nitrogens with two attached hydrogens (primary N) is 2. The first kappa shape index (κ1) is 21.4. The van der Waals surface area contributed by atoms with E-state index in [1.807, 2.05) is 0 Å². The molecule has 0 aliphatic heterocycles. The molecule has 5 aromatic rings. The second kappa shape index (κ2) is 8.14. The molecule has 0 aliphatic carbocycles. The number of pyridine rings is 1. The van der Waals surface area contributed by atoms with Gasteiger partial charge in [0.05, 0.1) is 11.3 Å². The number of halogens is 3. The van der Waals surface area contributed by atoms with Crippen LogP contribution in [0.15, 0.2) is 54.6 Å². The van der Waals surface area contributed by atoms with Crippen LogP contribution in [0.1, 0.15) is 17.1 Å². The third kappa shape index (κ3) is 3.79. The Labute approximate surface area is 191 Å². The van der Waals surface area contributed by atoms with Gasteiger partial charge in [0.15, 0.2) is 11.5 Å². The summed E-state index contributed by atoms with van der Waals surface area (Å²) in [4.78, 5) is 13.3. The molecule has 0 aliphatic rings. The van der Waals surface area contributed by atoms with Crippen LogP contribution in [0.4, 0.5) is 24.9 Å². The Morgan fingerprint density at radius 2 is 1.56 bits per heavy atom. The molecule has 2 aromatic carbocycles. The highest BCUT2D eigenvalue weighted by molar-refractivity contribution is 5.91. The summed E-state index contributed by atoms with van der Waals surface area (Å²) in [5, 5.41) is 4.35. The Balaban J connectivity index is 1.78. The first-order valence-corrected chi connectivity index (χ1v) is 10.3. The molecule has 10 heteroatoms. The summed E-state index contributed by atoms with van der Waals surface area (Å²) < 4.78 is 43.4. The summed E-state index contributed by atoms with van der Waals surface area (Å²) in [7, 11) is 0. The average molecular weight is 461 g/mol. The van der Waals surface area contributed by atoms with Crippen molar-refractivity contribution >= 4 is 17.4 Å². The molecule has 0 fully saturated rings. The summed E-state index contributed by atoms with van der Waals surface area (Å²) in [6.07, 6.45) is -0.192. The van der Waals surface area contributed by atoms with Crippen LogP contribution in [-0.4, -0.2) is 24.6 Å². The zero-order valence-electron chi connectivity index (χ0n) is 17.9. The summed E-state index contributed by atoms with van der Waals surface area (Å²) in [6.45, 7) is 1.79. The number of rotatable bonds is 4. The van der Waals surface area contributed by atoms with Crippen LogP contribution < -0.4 is 11.5 Å². The Morgan fingerprint density at radius 3 is 2.24 bits per heavy atom. The molecule has 0 radical (unpaired) electrons. The van der Waals surface area contributed by atoms with Crippen LogP contribution >= 0.6 is 0 Å². The van der Waals surface area contributed by atoms with Crippen molar-refractivity contribution in [2.45, 2.75) is 13.3 Å². The lowest BCUT2D eigenvalue weighted by Gasteiger charge is -2.13. The number of hydrogen-bond acceptors (Lipinski definition) is 6. The van der Waals surface area contributed by atoms with Crippen molar-refractivity contribution in [3.63, 3.8) is 0 Å². The number of anilines is 2. The van der Waals surface area contributed by atoms with Crippen molar-refractivity contribution in [3.05, 3.63) is 89.1 Å². The number of nitrogens with zero attached hydrogens (tertiary/aromatic N) is 5. The van der Waals surface area contributed by atoms with Crippen molar-refractivity contribution in [3.8, 4) is 22.4 Å². The van der Waals surface area contributed by atoms with E-state index >= 15 is 0 Å². The van der Waals surface area contributed by atoms with Gasteiger partial charge in [0.2, 0.25) is 5.95 Å². The van der Waals surface area contributed by atoms with Gasteiger partial charge in [-0.3, -0.25) is 0 Å². The molecule has 0 bridgehead atoms. The normalized spacial score (nSPS) is 11.3. The molecule has 0 saturated heterocycles. The highest BCUT2D eigenvalue weighted by Gasteiger charge is 2.22. The fourth-order valence-corrected chi connectivity index (χ4v) is 3.86. The van der Waals surface area contributed by atoms with Crippen LogP contribution in [0.25, 0.3) is 28.0 Å². The number of aryl methyl sites for hydroxylation is 1. The van der Waals surface area contributed by atoms with Gasteiger partial charge in [-0.2, -0.15) is 4.52 Å². The summed E-state index contributed by atoms with van der Waals surface area (Å²) in [6, 6.07) is 12.8. The van der Waals surface area contributed by atoms with Gasteiger partial charge in [-0.25, -0.2) is 28.1 Å². The van der Waals surface area contributed by atoms with E-state index < -0.39 is 17.5 Å². The van der Waals surface area contributed by atoms with Crippen LogP contribution in [0, 0.1) is 24.4 Å². The van der Waals surface area contributed by atoms with Gasteiger partial charge in [-0.1, -0.05) is 6.07 Å². The van der Waals surface area contributed by atoms with E-state index in [1.54, 1.807) is 31.2 Å². The summed E-state index contributed by atoms with van der Waals surface area (Å²) in [5.41, 5.74) is 15.1. The van der Waals surface area contributed by atoms with Gasteiger partial charge in [0.1, 0.15) is 23.3 Å². The fraction of sp³-hybridized carbons (Fsp3) is 0.0833. The maximum atomic E-state index is 14.2. The third-order valence-electron chi connectivity index (χ3n) is 5.33. The Morgan fingerprint density at radius 1 is 0.853 bits per heavy atom. The molecule has 5 rings (SSSR count). The Hall–Kier alpha value is -4.47. The summed E-state index contributed by atoms with van der Waals surface area (Å²) in [5.74, 6) is -1.37. The lowest BCUT2D eigenvalue weighted by Crippen LogP contribution is -2.06. The molecule has 0 spiro atoms. The van der Waals surface area contributed by atoms with Crippen molar-refractivity contribution < 1.29 is 13.2 Å². The number of nitrogen functional groups attached to an aromatic ring is 2. The van der Waals surface area contributed by atoms with E-state index in [0.29, 0.717) is 33.7 Å². The van der Waals surface area contributed by atoms with Crippen molar-refractivity contribution in [1.82, 2.24) is 24.6 Å². The van der Waals surface area contributed by atoms with Gasteiger partial charge in [0.25, 0.3) is 0 Å². The Kier molecular flexibility index (Phi) is 5.12. The molecule has 4 N–H and O–H groups in total. The molecule has 34 heavy (non-hydrogen) atoms. The second-order valence-corrected chi connectivity index (χ2v) is 7.76. The van der Waals surface area contributed by atoms with Crippen LogP contribution in [0.2, 0.25) is 0 Å². The molecule has 3 aromatic heterocycles. The largest absolute Gasteiger partial charge is 0.384 e. The first-order valence-electron chi connectivity index (χ1n) is 10.3. The molecular formula is C24H18F3N7. The molecule has 0 amide bonds. The lowest BCUT2D eigenvalue weighted by molar-refractivity contribution is 0.559. The van der Waals surface area contributed by atoms with Crippen molar-refractivity contribution in [2.75, 3.05) is 11.5 Å². The van der Waals surface area contributed by atoms with E-state index in [1.165, 1.54) is 34.8 Å². The van der Waals surface area contributed by atoms with E-state index in [-0.39, 0.29) is 29.6 Å². The van der Waals surface area contributed by atoms with E-state index in [2.05, 4.69) is 20.1 Å². The van der Waals surface area contributed by atoms with E-state index in [0.717, 1.165) is 0 Å². The number of benzene rings is 2. The number of hydrogen-bond donors (Lipinski definition) is 2. The molecule has 0 unspecified atom stereocenters. The second-order valence-electron chi connectivity index (χ2n) is 7.76. The SMILES string of the molecule is Cc1cc(-c2c(-c3ccc(F)cc3)nc(N)n3nc(Cc4c(F)cccc4F)nc23)cc(N)n1. The number of aromatic nitrogens is 5. The smallest absolute Gasteiger partial charge is 0.223 e. The van der Waals surface area contributed by atoms with Crippen LogP contribution in [-0.2, 0) is 6.42 Å². The predicted molar refractivity (Wildman–Crippen MR) is 122 cm³/mol. The third-order valence-corrected chi connectivity index (χ3v) is 5.33. The fourth-order valence-electron chi connectivity index (χ4n) is 3.86. The van der Waals surface area contributed by atoms with Gasteiger partial charge in [0, 0.05) is 23.2 Å². The lowest BCUT2D eigenvalue weighted by atomic mass is 10.00. The van der Waals surface area contributed by atoms with E-state index in [4.69, 9.17) is 11.5 Å². The predicted octanol–water partition coefficient (Wildman–Crippen LogP) is 4.33. The minimum absolute atomic E-state index is 0.00424. The maximum Gasteiger partial charge on any atom is 0.223 e. The van der Waals surface area contributed by atoms with Gasteiger partial charge in [-0.15, -0.1) is 5.10 Å². The minimum Gasteiger partial charge on any atom is -0.384 e. The molecule has 7 nitrogen and oxygen atoms in total. The molecule has 0 saturated carbocycles. The summed E-state index contributed by atoms with van der Waals surface area (Å²) >= 11 is 0. The minimum atomic E-state index is -0.699. The average Bonchev–Trinajstić information content (AvgIpc) is 3.20. The number of fused-ring (bicyclic) bond motifs is 1. The molecule has 3 heterocycles. The monoisotopic (exact) mass is 461 g/mol. The highest BCUT2D eigenvalue weighted by atomic mass is 19.1. The zero-order valence-corrected chi connectivity index (χ0v) is 17.9. The standard InChI is InChI=1S/C24H18F3N7/c1-12-9-14(10-19(28)30-12)21-22(13-5-7-15(25)8-6-13)32-24(29)34-23(21)31-20(33-34)11-16-17(26)3-2-4-18(16)27/h2-10H,11H2,1H3,(H2,28,30)(H2,29,32). The topological polar surface area (TPSA) is 108 Å². The highest BCUT2D eigenvalue weighted by Crippen LogP contribution is 2.36. The van der Waals surface area contributed by atoms with Crippen LogP contribution in [0.5, 0.6) is 0 Å². The van der Waals surface area contributed by atoms with Gasteiger partial charge >= 0.3 is 0 Å². The van der Waals surface area contributed by atoms with Crippen molar-refractivity contribution in [2.24, 2.45) is 0 Å². The van der Waals surface area contributed by atoms with Gasteiger partial charge < -0.3 is 11.5 Å². The maximum absolute atomic E-state index is 14.2. The molecule has 170 valence electrons. The van der Waals surface area contributed by atoms with Gasteiger partial charge in [-0.05, 0) is 61.0 Å². The Bertz CT molecular complexity index is 1500. The van der Waals surface area contributed by atoms with E-state index in [9.17, 15) is 13.2 Å². The molecular weight excluding hydrogens is 443 g/mol. The van der Waals surface area contributed by atoms with Crippen LogP contribution in [0.3, 0.4) is 0 Å². The quantitative estimate of drug-likeness (QED) is 0.412.